The Labute approximate surface area is 117 Å². The zero-order valence-electron chi connectivity index (χ0n) is 9.75. The van der Waals surface area contributed by atoms with E-state index in [1.54, 1.807) is 12.1 Å². The summed E-state index contributed by atoms with van der Waals surface area (Å²) in [7, 11) is 0. The van der Waals surface area contributed by atoms with Gasteiger partial charge in [-0.3, -0.25) is 4.79 Å². The monoisotopic (exact) mass is 291 g/mol. The highest BCUT2D eigenvalue weighted by atomic mass is 35.5. The molecule has 0 radical (unpaired) electrons. The van der Waals surface area contributed by atoms with Gasteiger partial charge in [0, 0.05) is 0 Å². The van der Waals surface area contributed by atoms with E-state index in [9.17, 15) is 14.9 Å². The lowest BCUT2D eigenvalue weighted by Gasteiger charge is -2.04. The first-order valence-electron chi connectivity index (χ1n) is 5.23. The van der Waals surface area contributed by atoms with Crippen molar-refractivity contribution < 1.29 is 9.72 Å². The predicted octanol–water partition coefficient (Wildman–Crippen LogP) is 2.10. The van der Waals surface area contributed by atoms with Crippen molar-refractivity contribution in [1.82, 2.24) is 10.2 Å². The van der Waals surface area contributed by atoms with Crippen molar-refractivity contribution in [3.8, 4) is 6.07 Å². The van der Waals surface area contributed by atoms with Gasteiger partial charge >= 0.3 is 5.82 Å². The number of aromatic amines is 1. The van der Waals surface area contributed by atoms with Crippen molar-refractivity contribution in [1.29, 1.82) is 5.26 Å². The molecule has 2 rings (SSSR count). The lowest BCUT2D eigenvalue weighted by Crippen LogP contribution is -2.13. The number of nitrogens with one attached hydrogen (secondary N) is 2. The molecule has 20 heavy (non-hydrogen) atoms. The summed E-state index contributed by atoms with van der Waals surface area (Å²) in [5.41, 5.74) is 0.204. The molecule has 0 unspecified atom stereocenters. The standard InChI is InChI=1S/C11H6ClN5O3/c12-8-9(15-16-10(8)17(19)20)11(18)14-7-4-2-1-3-6(7)5-13/h1-4H,(H,14,18)(H,15,16). The van der Waals surface area contributed by atoms with Crippen LogP contribution < -0.4 is 5.32 Å². The van der Waals surface area contributed by atoms with Crippen molar-refractivity contribution in [2.45, 2.75) is 0 Å². The molecule has 2 aromatic rings. The number of anilines is 1. The number of amides is 1. The van der Waals surface area contributed by atoms with Gasteiger partial charge in [-0.25, -0.2) is 0 Å². The topological polar surface area (TPSA) is 125 Å². The molecule has 0 saturated carbocycles. The largest absolute Gasteiger partial charge is 0.362 e. The van der Waals surface area contributed by atoms with Gasteiger partial charge in [0.2, 0.25) is 0 Å². The quantitative estimate of drug-likeness (QED) is 0.661. The van der Waals surface area contributed by atoms with Crippen molar-refractivity contribution in [2.24, 2.45) is 0 Å². The number of nitro groups is 1. The molecule has 0 aliphatic carbocycles. The molecule has 1 heterocycles. The second kappa shape index (κ2) is 5.38. The molecule has 100 valence electrons. The number of carbonyl (C=O) groups is 1. The van der Waals surface area contributed by atoms with Crippen LogP contribution in [0, 0.1) is 21.4 Å². The van der Waals surface area contributed by atoms with Gasteiger partial charge in [-0.15, -0.1) is 5.10 Å². The number of nitriles is 1. The van der Waals surface area contributed by atoms with Crippen molar-refractivity contribution in [3.05, 3.63) is 50.7 Å². The maximum Gasteiger partial charge on any atom is 0.362 e. The number of rotatable bonds is 3. The highest BCUT2D eigenvalue weighted by Gasteiger charge is 2.25. The van der Waals surface area contributed by atoms with E-state index >= 15 is 0 Å². The van der Waals surface area contributed by atoms with Crippen molar-refractivity contribution in [2.75, 3.05) is 5.32 Å². The summed E-state index contributed by atoms with van der Waals surface area (Å²) in [4.78, 5) is 21.7. The minimum Gasteiger partial charge on any atom is -0.358 e. The molecule has 1 aromatic carbocycles. The molecule has 0 aliphatic rings. The smallest absolute Gasteiger partial charge is 0.358 e. The van der Waals surface area contributed by atoms with Gasteiger partial charge in [-0.1, -0.05) is 28.8 Å². The van der Waals surface area contributed by atoms with E-state index in [0.717, 1.165) is 0 Å². The highest BCUT2D eigenvalue weighted by Crippen LogP contribution is 2.25. The third-order valence-electron chi connectivity index (χ3n) is 2.38. The molecule has 0 atom stereocenters. The first-order valence-corrected chi connectivity index (χ1v) is 5.61. The average molecular weight is 292 g/mol. The van der Waals surface area contributed by atoms with E-state index in [2.05, 4.69) is 15.5 Å². The summed E-state index contributed by atoms with van der Waals surface area (Å²) in [5.74, 6) is -1.31. The van der Waals surface area contributed by atoms with E-state index in [-0.39, 0.29) is 22.0 Å². The maximum absolute atomic E-state index is 11.9. The Kier molecular flexibility index (Phi) is 3.63. The van der Waals surface area contributed by atoms with Crippen LogP contribution in [0.3, 0.4) is 0 Å². The normalized spacial score (nSPS) is 9.80. The molecule has 0 aliphatic heterocycles. The zero-order valence-corrected chi connectivity index (χ0v) is 10.5. The van der Waals surface area contributed by atoms with Crippen molar-refractivity contribution in [3.63, 3.8) is 0 Å². The Bertz CT molecular complexity index is 734. The summed E-state index contributed by atoms with van der Waals surface area (Å²) >= 11 is 5.69. The summed E-state index contributed by atoms with van der Waals surface area (Å²) in [6.07, 6.45) is 0. The van der Waals surface area contributed by atoms with Crippen LogP contribution in [0.25, 0.3) is 0 Å². The number of H-pyrrole nitrogens is 1. The SMILES string of the molecule is N#Cc1ccccc1NC(=O)c1n[nH]c([N+](=O)[O-])c1Cl. The Hall–Kier alpha value is -2.92. The zero-order chi connectivity index (χ0) is 14.7. The molecular weight excluding hydrogens is 286 g/mol. The Balaban J connectivity index is 2.30. The minimum absolute atomic E-state index is 0.252. The fourth-order valence-corrected chi connectivity index (χ4v) is 1.70. The van der Waals surface area contributed by atoms with Crippen LogP contribution in [0.5, 0.6) is 0 Å². The number of carbonyl (C=O) groups excluding carboxylic acids is 1. The van der Waals surface area contributed by atoms with Crippen molar-refractivity contribution >= 4 is 29.0 Å². The lowest BCUT2D eigenvalue weighted by molar-refractivity contribution is -0.389. The number of aromatic nitrogens is 2. The maximum atomic E-state index is 11.9. The van der Waals surface area contributed by atoms with Gasteiger partial charge in [-0.05, 0) is 17.1 Å². The van der Waals surface area contributed by atoms with Gasteiger partial charge < -0.3 is 15.4 Å². The molecule has 8 nitrogen and oxygen atoms in total. The van der Waals surface area contributed by atoms with Crippen LogP contribution >= 0.6 is 11.6 Å². The second-order valence-corrected chi connectivity index (χ2v) is 3.98. The number of nitrogens with zero attached hydrogens (tertiary/aromatic N) is 3. The number of hydrogen-bond acceptors (Lipinski definition) is 5. The van der Waals surface area contributed by atoms with Crippen LogP contribution in [-0.4, -0.2) is 21.0 Å². The Morgan fingerprint density at radius 1 is 1.50 bits per heavy atom. The molecule has 9 heteroatoms. The summed E-state index contributed by atoms with van der Waals surface area (Å²) in [6, 6.07) is 8.21. The van der Waals surface area contributed by atoms with Crippen LogP contribution in [0.4, 0.5) is 11.5 Å². The van der Waals surface area contributed by atoms with E-state index in [1.807, 2.05) is 6.07 Å². The average Bonchev–Trinajstić information content (AvgIpc) is 2.81. The van der Waals surface area contributed by atoms with Crippen LogP contribution in [0.2, 0.25) is 5.02 Å². The second-order valence-electron chi connectivity index (χ2n) is 3.60. The number of halogens is 1. The summed E-state index contributed by atoms with van der Waals surface area (Å²) < 4.78 is 0. The fraction of sp³-hybridized carbons (Fsp3) is 0. The van der Waals surface area contributed by atoms with Gasteiger partial charge in [0.05, 0.1) is 11.3 Å². The number of para-hydroxylation sites is 1. The van der Waals surface area contributed by atoms with Gasteiger partial charge in [0.15, 0.2) is 10.7 Å². The van der Waals surface area contributed by atoms with E-state index in [1.165, 1.54) is 12.1 Å². The third-order valence-corrected chi connectivity index (χ3v) is 2.74. The Morgan fingerprint density at radius 3 is 2.80 bits per heavy atom. The predicted molar refractivity (Wildman–Crippen MR) is 69.4 cm³/mol. The van der Waals surface area contributed by atoms with E-state index in [4.69, 9.17) is 16.9 Å². The first kappa shape index (κ1) is 13.5. The lowest BCUT2D eigenvalue weighted by atomic mass is 10.2. The van der Waals surface area contributed by atoms with Crippen LogP contribution in [0.1, 0.15) is 16.1 Å². The fourth-order valence-electron chi connectivity index (χ4n) is 1.46. The number of hydrogen-bond donors (Lipinski definition) is 2. The molecule has 0 spiro atoms. The van der Waals surface area contributed by atoms with Gasteiger partial charge in [0.1, 0.15) is 6.07 Å². The number of benzene rings is 1. The summed E-state index contributed by atoms with van der Waals surface area (Å²) in [5, 5.41) is 27.1. The molecule has 0 bridgehead atoms. The molecule has 0 saturated heterocycles. The highest BCUT2D eigenvalue weighted by molar-refractivity contribution is 6.35. The van der Waals surface area contributed by atoms with E-state index in [0.29, 0.717) is 0 Å². The Morgan fingerprint density at radius 2 is 2.20 bits per heavy atom. The van der Waals surface area contributed by atoms with Crippen LogP contribution in [0.15, 0.2) is 24.3 Å². The third kappa shape index (κ3) is 2.43. The molecular formula is C11H6ClN5O3. The van der Waals surface area contributed by atoms with Gasteiger partial charge in [0.25, 0.3) is 5.91 Å². The van der Waals surface area contributed by atoms with Crippen LogP contribution in [-0.2, 0) is 0 Å². The molecule has 2 N–H and O–H groups in total. The molecule has 1 aromatic heterocycles. The first-order chi connectivity index (χ1) is 9.54. The molecule has 0 fully saturated rings. The molecule has 1 amide bonds. The van der Waals surface area contributed by atoms with E-state index < -0.39 is 16.6 Å². The summed E-state index contributed by atoms with van der Waals surface area (Å²) in [6.45, 7) is 0. The minimum atomic E-state index is -0.782. The van der Waals surface area contributed by atoms with Gasteiger partial charge in [-0.2, -0.15) is 5.26 Å².